The van der Waals surface area contributed by atoms with Crippen molar-refractivity contribution in [1.29, 1.82) is 0 Å². The molecule has 29 heavy (non-hydrogen) atoms. The molecule has 0 heterocycles. The minimum absolute atomic E-state index is 0.0360. The van der Waals surface area contributed by atoms with Crippen molar-refractivity contribution in [1.82, 2.24) is 0 Å². The van der Waals surface area contributed by atoms with Gasteiger partial charge in [0.2, 0.25) is 0 Å². The summed E-state index contributed by atoms with van der Waals surface area (Å²) in [6.07, 6.45) is 0. The van der Waals surface area contributed by atoms with Crippen LogP contribution in [0.3, 0.4) is 0 Å². The van der Waals surface area contributed by atoms with Crippen LogP contribution in [0.25, 0.3) is 11.1 Å². The quantitative estimate of drug-likeness (QED) is 0.490. The molecule has 152 valence electrons. The van der Waals surface area contributed by atoms with E-state index in [-0.39, 0.29) is 21.2 Å². The summed E-state index contributed by atoms with van der Waals surface area (Å²) in [6, 6.07) is 16.1. The maximum absolute atomic E-state index is 14.4. The lowest BCUT2D eigenvalue weighted by atomic mass is 10.0. The monoisotopic (exact) mass is 434 g/mol. The molecule has 0 unspecified atom stereocenters. The smallest absolute Gasteiger partial charge is 0.178 e. The molecule has 0 spiro atoms. The molecule has 3 aromatic rings. The van der Waals surface area contributed by atoms with E-state index in [1.807, 2.05) is 24.3 Å². The maximum atomic E-state index is 14.4. The number of rotatable bonds is 7. The van der Waals surface area contributed by atoms with E-state index >= 15 is 0 Å². The predicted octanol–water partition coefficient (Wildman–Crippen LogP) is 5.53. The third-order valence-corrected chi connectivity index (χ3v) is 6.52. The third-order valence-electron chi connectivity index (χ3n) is 4.47. The molecular weight excluding hydrogens is 415 g/mol. The molecule has 4 nitrogen and oxygen atoms in total. The van der Waals surface area contributed by atoms with Crippen molar-refractivity contribution in [3.63, 3.8) is 0 Å². The molecule has 0 aliphatic rings. The minimum atomic E-state index is -3.39. The zero-order valence-electron chi connectivity index (χ0n) is 16.0. The van der Waals surface area contributed by atoms with Crippen LogP contribution in [0.2, 0.25) is 5.02 Å². The number of benzene rings is 3. The number of hydrogen-bond donors (Lipinski definition) is 0. The van der Waals surface area contributed by atoms with Gasteiger partial charge in [-0.1, -0.05) is 36.7 Å². The Kier molecular flexibility index (Phi) is 6.45. The molecule has 0 saturated heterocycles. The molecule has 0 aliphatic heterocycles. The Morgan fingerprint density at radius 3 is 2.24 bits per heavy atom. The molecule has 7 heteroatoms. The first-order valence-corrected chi connectivity index (χ1v) is 10.9. The number of ether oxygens (including phenoxy) is 2. The largest absolute Gasteiger partial charge is 0.497 e. The predicted molar refractivity (Wildman–Crippen MR) is 112 cm³/mol. The molecule has 0 saturated carbocycles. The van der Waals surface area contributed by atoms with E-state index in [0.29, 0.717) is 17.9 Å². The first-order valence-electron chi connectivity index (χ1n) is 8.92. The van der Waals surface area contributed by atoms with Crippen molar-refractivity contribution < 1.29 is 22.3 Å². The van der Waals surface area contributed by atoms with Crippen LogP contribution >= 0.6 is 11.6 Å². The Balaban J connectivity index is 1.85. The van der Waals surface area contributed by atoms with Crippen LogP contribution < -0.4 is 9.47 Å². The Morgan fingerprint density at radius 1 is 0.931 bits per heavy atom. The lowest BCUT2D eigenvalue weighted by molar-refractivity contribution is 0.305. The van der Waals surface area contributed by atoms with Gasteiger partial charge in [-0.2, -0.15) is 0 Å². The Hall–Kier alpha value is -2.57. The van der Waals surface area contributed by atoms with Crippen molar-refractivity contribution in [2.24, 2.45) is 0 Å². The summed E-state index contributed by atoms with van der Waals surface area (Å²) >= 11 is 6.27. The van der Waals surface area contributed by atoms with Gasteiger partial charge in [-0.3, -0.25) is 0 Å². The standard InChI is InChI=1S/C22H20ClFO4S/c1-3-29(25,26)18-9-10-19(21(23)13-18)20-12-17(8-11-22(20)24)28-14-15-4-6-16(27-2)7-5-15/h4-13H,3,14H2,1-2H3. The van der Waals surface area contributed by atoms with Gasteiger partial charge in [0.25, 0.3) is 0 Å². The van der Waals surface area contributed by atoms with E-state index in [1.165, 1.54) is 30.3 Å². The van der Waals surface area contributed by atoms with E-state index in [4.69, 9.17) is 21.1 Å². The molecule has 0 atom stereocenters. The topological polar surface area (TPSA) is 52.6 Å². The molecular formula is C22H20ClFO4S. The number of halogens is 2. The Bertz CT molecular complexity index is 1110. The molecule has 0 N–H and O–H groups in total. The lowest BCUT2D eigenvalue weighted by Crippen LogP contribution is -2.03. The first kappa shape index (κ1) is 21.1. The van der Waals surface area contributed by atoms with E-state index in [9.17, 15) is 12.8 Å². The van der Waals surface area contributed by atoms with Gasteiger partial charge in [0.05, 0.1) is 17.8 Å². The molecule has 0 aromatic heterocycles. The van der Waals surface area contributed by atoms with Gasteiger partial charge < -0.3 is 9.47 Å². The van der Waals surface area contributed by atoms with Gasteiger partial charge in [0.1, 0.15) is 23.9 Å². The first-order chi connectivity index (χ1) is 13.8. The Labute approximate surface area is 174 Å². The van der Waals surface area contributed by atoms with Crippen molar-refractivity contribution in [3.05, 3.63) is 77.1 Å². The average Bonchev–Trinajstić information content (AvgIpc) is 2.73. The van der Waals surface area contributed by atoms with Crippen LogP contribution in [0.15, 0.2) is 65.6 Å². The van der Waals surface area contributed by atoms with Crippen molar-refractivity contribution in [2.75, 3.05) is 12.9 Å². The van der Waals surface area contributed by atoms with Crippen LogP contribution in [-0.2, 0) is 16.4 Å². The minimum Gasteiger partial charge on any atom is -0.497 e. The second-order valence-electron chi connectivity index (χ2n) is 6.32. The van der Waals surface area contributed by atoms with Gasteiger partial charge in [-0.25, -0.2) is 12.8 Å². The van der Waals surface area contributed by atoms with E-state index in [2.05, 4.69) is 0 Å². The highest BCUT2D eigenvalue weighted by molar-refractivity contribution is 7.91. The van der Waals surface area contributed by atoms with Gasteiger partial charge in [-0.15, -0.1) is 0 Å². The number of methoxy groups -OCH3 is 1. The average molecular weight is 435 g/mol. The molecule has 0 aliphatic carbocycles. The van der Waals surface area contributed by atoms with E-state index in [1.54, 1.807) is 20.1 Å². The third kappa shape index (κ3) is 4.89. The zero-order chi connectivity index (χ0) is 21.0. The van der Waals surface area contributed by atoms with Crippen molar-refractivity contribution in [3.8, 4) is 22.6 Å². The summed E-state index contributed by atoms with van der Waals surface area (Å²) in [5.74, 6) is 0.709. The molecule has 3 rings (SSSR count). The van der Waals surface area contributed by atoms with Gasteiger partial charge in [0.15, 0.2) is 9.84 Å². The Morgan fingerprint density at radius 2 is 1.62 bits per heavy atom. The summed E-state index contributed by atoms with van der Waals surface area (Å²) in [6.45, 7) is 1.86. The molecule has 0 bridgehead atoms. The highest BCUT2D eigenvalue weighted by Crippen LogP contribution is 2.34. The summed E-state index contributed by atoms with van der Waals surface area (Å²) < 4.78 is 49.4. The van der Waals surface area contributed by atoms with Crippen molar-refractivity contribution in [2.45, 2.75) is 18.4 Å². The van der Waals surface area contributed by atoms with Gasteiger partial charge >= 0.3 is 0 Å². The second-order valence-corrected chi connectivity index (χ2v) is 9.01. The SMILES string of the molecule is CCS(=O)(=O)c1ccc(-c2cc(OCc3ccc(OC)cc3)ccc2F)c(Cl)c1. The van der Waals surface area contributed by atoms with E-state index in [0.717, 1.165) is 11.3 Å². The lowest BCUT2D eigenvalue weighted by Gasteiger charge is -2.12. The maximum Gasteiger partial charge on any atom is 0.178 e. The number of sulfone groups is 1. The van der Waals surface area contributed by atoms with Crippen LogP contribution in [0.5, 0.6) is 11.5 Å². The second kappa shape index (κ2) is 8.84. The highest BCUT2D eigenvalue weighted by atomic mass is 35.5. The number of hydrogen-bond acceptors (Lipinski definition) is 4. The van der Waals surface area contributed by atoms with Crippen LogP contribution in [0, 0.1) is 5.82 Å². The summed E-state index contributed by atoms with van der Waals surface area (Å²) in [7, 11) is -1.80. The summed E-state index contributed by atoms with van der Waals surface area (Å²) in [5.41, 5.74) is 1.57. The van der Waals surface area contributed by atoms with Crippen LogP contribution in [-0.4, -0.2) is 21.3 Å². The fraction of sp³-hybridized carbons (Fsp3) is 0.182. The summed E-state index contributed by atoms with van der Waals surface area (Å²) in [4.78, 5) is 0.112. The molecule has 0 amide bonds. The molecule has 0 fully saturated rings. The van der Waals surface area contributed by atoms with Crippen LogP contribution in [0.4, 0.5) is 4.39 Å². The van der Waals surface area contributed by atoms with Gasteiger partial charge in [0, 0.05) is 16.1 Å². The fourth-order valence-corrected chi connectivity index (χ4v) is 4.02. The highest BCUT2D eigenvalue weighted by Gasteiger charge is 2.16. The summed E-state index contributed by atoms with van der Waals surface area (Å²) in [5, 5.41) is 0.158. The molecule has 3 aromatic carbocycles. The zero-order valence-corrected chi connectivity index (χ0v) is 17.6. The molecule has 0 radical (unpaired) electrons. The van der Waals surface area contributed by atoms with Crippen LogP contribution in [0.1, 0.15) is 12.5 Å². The van der Waals surface area contributed by atoms with E-state index < -0.39 is 15.7 Å². The van der Waals surface area contributed by atoms with Gasteiger partial charge in [-0.05, 0) is 48.0 Å². The normalized spacial score (nSPS) is 11.3. The van der Waals surface area contributed by atoms with Crippen molar-refractivity contribution >= 4 is 21.4 Å². The fourth-order valence-electron chi connectivity index (χ4n) is 2.76.